The number of benzene rings is 2. The second-order valence-corrected chi connectivity index (χ2v) is 6.77. The van der Waals surface area contributed by atoms with Crippen molar-refractivity contribution >= 4 is 21.7 Å². The molecule has 0 unspecified atom stereocenters. The van der Waals surface area contributed by atoms with Crippen LogP contribution in [0.4, 0.5) is 14.5 Å². The van der Waals surface area contributed by atoms with Gasteiger partial charge in [-0.25, -0.2) is 13.2 Å². The summed E-state index contributed by atoms with van der Waals surface area (Å²) in [5.74, 6) is -0.729. The highest BCUT2D eigenvalue weighted by Crippen LogP contribution is 2.19. The van der Waals surface area contributed by atoms with Crippen molar-refractivity contribution in [3.63, 3.8) is 0 Å². The number of carbonyl (C=O) groups is 1. The maximum atomic E-state index is 12.2. The standard InChI is InChI=1S/C16H15F2NO5S/c1-25(21,22)19-14-5-3-2-4-13(14)15(20)23-10-11-6-8-12(9-7-11)24-16(17)18/h2-9,16,19H,10H2,1H3. The Labute approximate surface area is 143 Å². The number of hydrogen-bond acceptors (Lipinski definition) is 5. The fraction of sp³-hybridized carbons (Fsp3) is 0.188. The fourth-order valence-corrected chi connectivity index (χ4v) is 2.52. The summed E-state index contributed by atoms with van der Waals surface area (Å²) in [5, 5.41) is 0. The second kappa shape index (κ2) is 7.93. The molecule has 2 rings (SSSR count). The van der Waals surface area contributed by atoms with Crippen molar-refractivity contribution in [3.05, 3.63) is 59.7 Å². The quantitative estimate of drug-likeness (QED) is 0.757. The van der Waals surface area contributed by atoms with Gasteiger partial charge in [-0.3, -0.25) is 4.72 Å². The summed E-state index contributed by atoms with van der Waals surface area (Å²) >= 11 is 0. The van der Waals surface area contributed by atoms with E-state index in [9.17, 15) is 22.0 Å². The summed E-state index contributed by atoms with van der Waals surface area (Å²) in [4.78, 5) is 12.2. The third-order valence-corrected chi connectivity index (χ3v) is 3.55. The number of anilines is 1. The van der Waals surface area contributed by atoms with Gasteiger partial charge in [-0.1, -0.05) is 24.3 Å². The van der Waals surface area contributed by atoms with Gasteiger partial charge in [0.25, 0.3) is 0 Å². The maximum Gasteiger partial charge on any atom is 0.387 e. The minimum atomic E-state index is -3.55. The average molecular weight is 371 g/mol. The van der Waals surface area contributed by atoms with Crippen LogP contribution in [0.2, 0.25) is 0 Å². The summed E-state index contributed by atoms with van der Waals surface area (Å²) in [6, 6.07) is 11.6. The van der Waals surface area contributed by atoms with Crippen LogP contribution >= 0.6 is 0 Å². The molecule has 0 saturated heterocycles. The summed E-state index contributed by atoms with van der Waals surface area (Å²) in [6.07, 6.45) is 0.970. The highest BCUT2D eigenvalue weighted by atomic mass is 32.2. The number of esters is 1. The van der Waals surface area contributed by atoms with E-state index < -0.39 is 22.6 Å². The first-order valence-corrected chi connectivity index (χ1v) is 8.91. The predicted molar refractivity (Wildman–Crippen MR) is 87.1 cm³/mol. The Morgan fingerprint density at radius 2 is 1.76 bits per heavy atom. The van der Waals surface area contributed by atoms with Crippen molar-refractivity contribution in [3.8, 4) is 5.75 Å². The number of sulfonamides is 1. The predicted octanol–water partition coefficient (Wildman–Crippen LogP) is 3.02. The molecule has 0 spiro atoms. The Hall–Kier alpha value is -2.68. The van der Waals surface area contributed by atoms with Crippen molar-refractivity contribution in [2.75, 3.05) is 11.0 Å². The molecule has 1 N–H and O–H groups in total. The lowest BCUT2D eigenvalue weighted by Crippen LogP contribution is -2.14. The van der Waals surface area contributed by atoms with Crippen LogP contribution in [-0.2, 0) is 21.4 Å². The lowest BCUT2D eigenvalue weighted by atomic mass is 10.2. The monoisotopic (exact) mass is 371 g/mol. The Morgan fingerprint density at radius 1 is 1.12 bits per heavy atom. The van der Waals surface area contributed by atoms with Gasteiger partial charge in [-0.05, 0) is 29.8 Å². The Kier molecular flexibility index (Phi) is 5.92. The molecule has 2 aromatic rings. The van der Waals surface area contributed by atoms with Crippen LogP contribution in [0, 0.1) is 0 Å². The molecular formula is C16H15F2NO5S. The fourth-order valence-electron chi connectivity index (χ4n) is 1.94. The molecule has 2 aromatic carbocycles. The minimum absolute atomic E-state index is 0.00669. The molecule has 0 amide bonds. The normalized spacial score (nSPS) is 11.2. The topological polar surface area (TPSA) is 81.7 Å². The third-order valence-electron chi connectivity index (χ3n) is 2.96. The smallest absolute Gasteiger partial charge is 0.387 e. The molecule has 0 aliphatic rings. The molecule has 0 fully saturated rings. The van der Waals surface area contributed by atoms with E-state index in [0.29, 0.717) is 5.56 Å². The first-order valence-electron chi connectivity index (χ1n) is 7.02. The first-order chi connectivity index (χ1) is 11.7. The number of rotatable bonds is 7. The molecule has 9 heteroatoms. The number of para-hydroxylation sites is 1. The van der Waals surface area contributed by atoms with Crippen molar-refractivity contribution < 1.29 is 31.5 Å². The van der Waals surface area contributed by atoms with Gasteiger partial charge in [-0.2, -0.15) is 8.78 Å². The van der Waals surface area contributed by atoms with Gasteiger partial charge in [0.2, 0.25) is 10.0 Å². The Morgan fingerprint density at radius 3 is 2.36 bits per heavy atom. The molecule has 25 heavy (non-hydrogen) atoms. The zero-order valence-electron chi connectivity index (χ0n) is 13.1. The summed E-state index contributed by atoms with van der Waals surface area (Å²) in [7, 11) is -3.55. The summed E-state index contributed by atoms with van der Waals surface area (Å²) in [6.45, 7) is -3.02. The largest absolute Gasteiger partial charge is 0.457 e. The number of nitrogens with one attached hydrogen (secondary N) is 1. The van der Waals surface area contributed by atoms with Crippen LogP contribution in [0.5, 0.6) is 5.75 Å². The zero-order valence-corrected chi connectivity index (χ0v) is 13.9. The van der Waals surface area contributed by atoms with Crippen LogP contribution in [-0.4, -0.2) is 27.3 Å². The van der Waals surface area contributed by atoms with Gasteiger partial charge in [0.15, 0.2) is 0 Å². The minimum Gasteiger partial charge on any atom is -0.457 e. The van der Waals surface area contributed by atoms with Crippen molar-refractivity contribution in [1.29, 1.82) is 0 Å². The van der Waals surface area contributed by atoms with E-state index in [-0.39, 0.29) is 23.6 Å². The average Bonchev–Trinajstić information content (AvgIpc) is 2.52. The molecule has 0 aromatic heterocycles. The molecular weight excluding hydrogens is 356 g/mol. The Balaban J connectivity index is 2.03. The van der Waals surface area contributed by atoms with Gasteiger partial charge in [-0.15, -0.1) is 0 Å². The molecule has 0 atom stereocenters. The first kappa shape index (κ1) is 18.7. The van der Waals surface area contributed by atoms with Crippen LogP contribution in [0.3, 0.4) is 0 Å². The van der Waals surface area contributed by atoms with E-state index in [4.69, 9.17) is 4.74 Å². The number of alkyl halides is 2. The van der Waals surface area contributed by atoms with E-state index in [1.54, 1.807) is 12.1 Å². The maximum absolute atomic E-state index is 12.2. The summed E-state index contributed by atoms with van der Waals surface area (Å²) in [5.41, 5.74) is 0.727. The molecule has 0 saturated carbocycles. The van der Waals surface area contributed by atoms with Crippen LogP contribution < -0.4 is 9.46 Å². The summed E-state index contributed by atoms with van der Waals surface area (Å²) < 4.78 is 58.4. The molecule has 0 radical (unpaired) electrons. The lowest BCUT2D eigenvalue weighted by molar-refractivity contribution is -0.0498. The van der Waals surface area contributed by atoms with Crippen molar-refractivity contribution in [2.45, 2.75) is 13.2 Å². The second-order valence-electron chi connectivity index (χ2n) is 5.02. The number of hydrogen-bond donors (Lipinski definition) is 1. The van der Waals surface area contributed by atoms with Crippen LogP contribution in [0.25, 0.3) is 0 Å². The number of ether oxygens (including phenoxy) is 2. The van der Waals surface area contributed by atoms with Gasteiger partial charge >= 0.3 is 12.6 Å². The van der Waals surface area contributed by atoms with E-state index in [2.05, 4.69) is 9.46 Å². The lowest BCUT2D eigenvalue weighted by Gasteiger charge is -2.11. The van der Waals surface area contributed by atoms with E-state index in [0.717, 1.165) is 6.26 Å². The van der Waals surface area contributed by atoms with E-state index in [1.165, 1.54) is 36.4 Å². The Bertz CT molecular complexity index is 838. The van der Waals surface area contributed by atoms with Crippen molar-refractivity contribution in [2.24, 2.45) is 0 Å². The molecule has 0 heterocycles. The SMILES string of the molecule is CS(=O)(=O)Nc1ccccc1C(=O)OCc1ccc(OC(F)F)cc1. The van der Waals surface area contributed by atoms with Crippen LogP contribution in [0.1, 0.15) is 15.9 Å². The molecule has 134 valence electrons. The van der Waals surface area contributed by atoms with E-state index in [1.807, 2.05) is 0 Å². The van der Waals surface area contributed by atoms with Crippen LogP contribution in [0.15, 0.2) is 48.5 Å². The van der Waals surface area contributed by atoms with Gasteiger partial charge in [0, 0.05) is 0 Å². The number of halogens is 2. The third kappa shape index (κ3) is 6.03. The molecule has 0 aliphatic heterocycles. The highest BCUT2D eigenvalue weighted by molar-refractivity contribution is 7.92. The van der Waals surface area contributed by atoms with E-state index >= 15 is 0 Å². The van der Waals surface area contributed by atoms with Gasteiger partial charge in [0.05, 0.1) is 17.5 Å². The zero-order chi connectivity index (χ0) is 18.4. The molecule has 6 nitrogen and oxygen atoms in total. The van der Waals surface area contributed by atoms with Gasteiger partial charge < -0.3 is 9.47 Å². The van der Waals surface area contributed by atoms with Gasteiger partial charge in [0.1, 0.15) is 12.4 Å². The molecule has 0 bridgehead atoms. The number of carbonyl (C=O) groups excluding carboxylic acids is 1. The van der Waals surface area contributed by atoms with Crippen molar-refractivity contribution in [1.82, 2.24) is 0 Å². The highest BCUT2D eigenvalue weighted by Gasteiger charge is 2.15. The molecule has 0 aliphatic carbocycles.